The molecule has 2 aromatic carbocycles. The molecule has 0 radical (unpaired) electrons. The summed E-state index contributed by atoms with van der Waals surface area (Å²) in [6, 6.07) is 6.22. The van der Waals surface area contributed by atoms with Crippen molar-refractivity contribution in [1.29, 1.82) is 0 Å². The summed E-state index contributed by atoms with van der Waals surface area (Å²) in [5, 5.41) is 6.29. The zero-order valence-electron chi connectivity index (χ0n) is 12.0. The van der Waals surface area contributed by atoms with Gasteiger partial charge in [-0.3, -0.25) is 4.79 Å². The molecular weight excluding hydrogens is 340 g/mol. The van der Waals surface area contributed by atoms with Gasteiger partial charge < -0.3 is 11.1 Å². The number of amides is 1. The predicted molar refractivity (Wildman–Crippen MR) is 85.1 cm³/mol. The van der Waals surface area contributed by atoms with Crippen LogP contribution < -0.4 is 11.1 Å². The Morgan fingerprint density at radius 3 is 2.67 bits per heavy atom. The second-order valence-electron chi connectivity index (χ2n) is 4.81. The van der Waals surface area contributed by atoms with E-state index in [0.29, 0.717) is 0 Å². The predicted octanol–water partition coefficient (Wildman–Crippen LogP) is 3.03. The summed E-state index contributed by atoms with van der Waals surface area (Å²) in [7, 11) is 0. The molecule has 1 heterocycles. The number of anilines is 2. The van der Waals surface area contributed by atoms with Gasteiger partial charge in [0.25, 0.3) is 5.91 Å². The number of nitrogens with one attached hydrogen (secondary N) is 1. The fraction of sp³-hybridized carbons (Fsp3) is 0. The highest BCUT2D eigenvalue weighted by molar-refractivity contribution is 6.31. The first-order valence-corrected chi connectivity index (χ1v) is 7.04. The van der Waals surface area contributed by atoms with Gasteiger partial charge in [0.1, 0.15) is 24.2 Å². The molecule has 0 aliphatic carbocycles. The molecule has 6 nitrogen and oxygen atoms in total. The Labute approximate surface area is 139 Å². The molecule has 0 aliphatic heterocycles. The number of carbonyl (C=O) groups excluding carboxylic acids is 1. The van der Waals surface area contributed by atoms with E-state index in [-0.39, 0.29) is 27.6 Å². The van der Waals surface area contributed by atoms with Gasteiger partial charge in [-0.25, -0.2) is 18.4 Å². The van der Waals surface area contributed by atoms with Crippen LogP contribution in [0.25, 0.3) is 5.69 Å². The number of hydrogen-bond acceptors (Lipinski definition) is 4. The number of aromatic nitrogens is 3. The average molecular weight is 350 g/mol. The Balaban J connectivity index is 1.87. The van der Waals surface area contributed by atoms with Crippen molar-refractivity contribution < 1.29 is 13.6 Å². The highest BCUT2D eigenvalue weighted by Gasteiger charge is 2.16. The Hall–Kier alpha value is -3.00. The molecule has 1 aromatic heterocycles. The quantitative estimate of drug-likeness (QED) is 0.712. The van der Waals surface area contributed by atoms with E-state index in [0.717, 1.165) is 12.1 Å². The smallest absolute Gasteiger partial charge is 0.257 e. The molecule has 0 saturated heterocycles. The zero-order valence-corrected chi connectivity index (χ0v) is 12.8. The van der Waals surface area contributed by atoms with Crippen LogP contribution in [0.1, 0.15) is 10.4 Å². The lowest BCUT2D eigenvalue weighted by atomic mass is 10.1. The lowest BCUT2D eigenvalue weighted by Crippen LogP contribution is -2.15. The van der Waals surface area contributed by atoms with Crippen LogP contribution >= 0.6 is 11.6 Å². The summed E-state index contributed by atoms with van der Waals surface area (Å²) in [5.74, 6) is -2.13. The Morgan fingerprint density at radius 2 is 2.00 bits per heavy atom. The fourth-order valence-corrected chi connectivity index (χ4v) is 2.28. The number of nitrogens with two attached hydrogens (primary N) is 1. The highest BCUT2D eigenvalue weighted by Crippen LogP contribution is 2.24. The molecule has 0 bridgehead atoms. The van der Waals surface area contributed by atoms with Gasteiger partial charge in [-0.15, -0.1) is 0 Å². The monoisotopic (exact) mass is 349 g/mol. The summed E-state index contributed by atoms with van der Waals surface area (Å²) in [4.78, 5) is 15.9. The molecule has 122 valence electrons. The van der Waals surface area contributed by atoms with Gasteiger partial charge in [0.05, 0.1) is 11.3 Å². The van der Waals surface area contributed by atoms with Crippen molar-refractivity contribution >= 4 is 28.9 Å². The van der Waals surface area contributed by atoms with Crippen LogP contribution in [0.3, 0.4) is 0 Å². The number of nitrogens with zero attached hydrogens (tertiary/aromatic N) is 3. The maximum absolute atomic E-state index is 14.1. The third kappa shape index (κ3) is 3.04. The van der Waals surface area contributed by atoms with E-state index >= 15 is 0 Å². The first kappa shape index (κ1) is 15.9. The van der Waals surface area contributed by atoms with E-state index in [9.17, 15) is 13.6 Å². The van der Waals surface area contributed by atoms with Gasteiger partial charge in [0.15, 0.2) is 5.82 Å². The SMILES string of the molecule is Nc1c(F)cc(Cl)cc1C(=O)Nc1ccc(-n2cncn2)c(F)c1. The van der Waals surface area contributed by atoms with Gasteiger partial charge in [-0.2, -0.15) is 5.10 Å². The highest BCUT2D eigenvalue weighted by atomic mass is 35.5. The molecule has 9 heteroatoms. The number of halogens is 3. The second-order valence-corrected chi connectivity index (χ2v) is 5.25. The largest absolute Gasteiger partial charge is 0.396 e. The standard InChI is InChI=1S/C15H10ClF2N5O/c16-8-3-10(14(19)12(18)4-8)15(24)22-9-1-2-13(11(17)5-9)23-7-20-6-21-23/h1-7H,19H2,(H,22,24). The third-order valence-corrected chi connectivity index (χ3v) is 3.43. The van der Waals surface area contributed by atoms with Crippen molar-refractivity contribution in [2.45, 2.75) is 0 Å². The van der Waals surface area contributed by atoms with E-state index in [1.807, 2.05) is 0 Å². The van der Waals surface area contributed by atoms with Crippen LogP contribution in [0.2, 0.25) is 5.02 Å². The number of nitrogen functional groups attached to an aromatic ring is 1. The van der Waals surface area contributed by atoms with Crippen LogP contribution in [0.15, 0.2) is 43.0 Å². The lowest BCUT2D eigenvalue weighted by Gasteiger charge is -2.10. The van der Waals surface area contributed by atoms with Crippen LogP contribution in [0.4, 0.5) is 20.2 Å². The number of hydrogen-bond donors (Lipinski definition) is 2. The maximum atomic E-state index is 14.1. The summed E-state index contributed by atoms with van der Waals surface area (Å²) >= 11 is 5.72. The molecule has 3 N–H and O–H groups in total. The summed E-state index contributed by atoms with van der Waals surface area (Å²) < 4.78 is 28.9. The van der Waals surface area contributed by atoms with Gasteiger partial charge in [0, 0.05) is 10.7 Å². The molecule has 3 rings (SSSR count). The Kier molecular flexibility index (Phi) is 4.13. The average Bonchev–Trinajstić information content (AvgIpc) is 3.05. The number of benzene rings is 2. The van der Waals surface area contributed by atoms with E-state index in [2.05, 4.69) is 15.4 Å². The second kappa shape index (κ2) is 6.25. The topological polar surface area (TPSA) is 85.8 Å². The zero-order chi connectivity index (χ0) is 17.3. The first-order valence-electron chi connectivity index (χ1n) is 6.66. The maximum Gasteiger partial charge on any atom is 0.257 e. The minimum absolute atomic E-state index is 0.0274. The molecule has 0 aliphatic rings. The van der Waals surface area contributed by atoms with Gasteiger partial charge >= 0.3 is 0 Å². The van der Waals surface area contributed by atoms with Crippen LogP contribution in [0, 0.1) is 11.6 Å². The number of carbonyl (C=O) groups is 1. The molecule has 3 aromatic rings. The molecular formula is C15H10ClF2N5O. The molecule has 0 saturated carbocycles. The molecule has 0 unspecified atom stereocenters. The van der Waals surface area contributed by atoms with Crippen molar-refractivity contribution in [3.8, 4) is 5.69 Å². The molecule has 0 fully saturated rings. The van der Waals surface area contributed by atoms with Gasteiger partial charge in [0.2, 0.25) is 0 Å². The van der Waals surface area contributed by atoms with E-state index in [4.69, 9.17) is 17.3 Å². The van der Waals surface area contributed by atoms with E-state index in [1.54, 1.807) is 0 Å². The van der Waals surface area contributed by atoms with Crippen molar-refractivity contribution in [3.05, 3.63) is 65.2 Å². The van der Waals surface area contributed by atoms with Crippen LogP contribution in [0.5, 0.6) is 0 Å². The van der Waals surface area contributed by atoms with Crippen LogP contribution in [-0.4, -0.2) is 20.7 Å². The van der Waals surface area contributed by atoms with Crippen molar-refractivity contribution in [2.24, 2.45) is 0 Å². The van der Waals surface area contributed by atoms with E-state index in [1.165, 1.54) is 35.5 Å². The molecule has 1 amide bonds. The fourth-order valence-electron chi connectivity index (χ4n) is 2.07. The normalized spacial score (nSPS) is 10.6. The summed E-state index contributed by atoms with van der Waals surface area (Å²) in [5.41, 5.74) is 5.40. The van der Waals surface area contributed by atoms with E-state index < -0.39 is 17.5 Å². The first-order chi connectivity index (χ1) is 11.5. The van der Waals surface area contributed by atoms with Crippen molar-refractivity contribution in [2.75, 3.05) is 11.1 Å². The lowest BCUT2D eigenvalue weighted by molar-refractivity contribution is 0.102. The van der Waals surface area contributed by atoms with Crippen molar-refractivity contribution in [3.63, 3.8) is 0 Å². The Morgan fingerprint density at radius 1 is 1.21 bits per heavy atom. The molecule has 0 spiro atoms. The minimum atomic E-state index is -0.805. The van der Waals surface area contributed by atoms with Crippen LogP contribution in [-0.2, 0) is 0 Å². The minimum Gasteiger partial charge on any atom is -0.396 e. The summed E-state index contributed by atoms with van der Waals surface area (Å²) in [6.07, 6.45) is 2.61. The molecule has 0 atom stereocenters. The third-order valence-electron chi connectivity index (χ3n) is 3.21. The molecule has 24 heavy (non-hydrogen) atoms. The number of rotatable bonds is 3. The summed E-state index contributed by atoms with van der Waals surface area (Å²) in [6.45, 7) is 0. The van der Waals surface area contributed by atoms with Gasteiger partial charge in [-0.1, -0.05) is 11.6 Å². The Bertz CT molecular complexity index is 914. The van der Waals surface area contributed by atoms with Gasteiger partial charge in [-0.05, 0) is 30.3 Å². The van der Waals surface area contributed by atoms with Crippen molar-refractivity contribution in [1.82, 2.24) is 14.8 Å².